The number of anilines is 1. The Hall–Kier alpha value is -2.34. The van der Waals surface area contributed by atoms with Crippen LogP contribution in [-0.2, 0) is 21.2 Å². The fourth-order valence-electron chi connectivity index (χ4n) is 3.37. The van der Waals surface area contributed by atoms with Crippen LogP contribution in [0, 0.1) is 20.8 Å². The number of hydrogen-bond acceptors (Lipinski definition) is 3. The molecule has 1 amide bonds. The summed E-state index contributed by atoms with van der Waals surface area (Å²) in [7, 11) is -3.62. The lowest BCUT2D eigenvalue weighted by Crippen LogP contribution is -2.49. The number of carbonyl (C=O) groups is 1. The van der Waals surface area contributed by atoms with Gasteiger partial charge in [-0.25, -0.2) is 8.42 Å². The van der Waals surface area contributed by atoms with E-state index in [1.807, 2.05) is 39.0 Å². The van der Waals surface area contributed by atoms with Gasteiger partial charge in [-0.3, -0.25) is 9.10 Å². The summed E-state index contributed by atoms with van der Waals surface area (Å²) in [6, 6.07) is 13.2. The van der Waals surface area contributed by atoms with Gasteiger partial charge in [0.05, 0.1) is 11.9 Å². The van der Waals surface area contributed by atoms with E-state index < -0.39 is 16.1 Å². The lowest BCUT2D eigenvalue weighted by molar-refractivity contribution is -0.122. The van der Waals surface area contributed by atoms with Crippen LogP contribution in [0.1, 0.15) is 42.0 Å². The Balaban J connectivity index is 2.10. The van der Waals surface area contributed by atoms with Crippen LogP contribution in [0.15, 0.2) is 42.5 Å². The van der Waals surface area contributed by atoms with Gasteiger partial charge >= 0.3 is 0 Å². The third kappa shape index (κ3) is 6.32. The van der Waals surface area contributed by atoms with Crippen molar-refractivity contribution in [1.29, 1.82) is 0 Å². The first kappa shape index (κ1) is 22.9. The molecular formula is C23H32N2O3S. The Morgan fingerprint density at radius 3 is 2.24 bits per heavy atom. The van der Waals surface area contributed by atoms with E-state index in [9.17, 15) is 13.2 Å². The maximum Gasteiger partial charge on any atom is 0.243 e. The molecule has 6 heteroatoms. The number of nitrogens with zero attached hydrogens (tertiary/aromatic N) is 1. The number of amides is 1. The molecule has 0 fully saturated rings. The van der Waals surface area contributed by atoms with Crippen molar-refractivity contribution in [1.82, 2.24) is 5.32 Å². The van der Waals surface area contributed by atoms with E-state index in [1.54, 1.807) is 0 Å². The number of benzene rings is 2. The van der Waals surface area contributed by atoms with Crippen molar-refractivity contribution in [2.75, 3.05) is 17.1 Å². The van der Waals surface area contributed by atoms with E-state index in [1.165, 1.54) is 15.4 Å². The molecule has 2 aromatic rings. The van der Waals surface area contributed by atoms with Gasteiger partial charge in [0.15, 0.2) is 0 Å². The fourth-order valence-corrected chi connectivity index (χ4v) is 4.63. The first-order valence-corrected chi connectivity index (χ1v) is 11.9. The molecule has 0 aliphatic heterocycles. The molecule has 158 valence electrons. The van der Waals surface area contributed by atoms with Crippen LogP contribution in [0.2, 0.25) is 0 Å². The van der Waals surface area contributed by atoms with Crippen molar-refractivity contribution in [3.63, 3.8) is 0 Å². The second kappa shape index (κ2) is 9.92. The van der Waals surface area contributed by atoms with Gasteiger partial charge in [0, 0.05) is 6.54 Å². The van der Waals surface area contributed by atoms with Gasteiger partial charge in [0.2, 0.25) is 15.9 Å². The highest BCUT2D eigenvalue weighted by Crippen LogP contribution is 2.27. The van der Waals surface area contributed by atoms with Gasteiger partial charge in [-0.2, -0.15) is 0 Å². The molecule has 0 heterocycles. The molecule has 5 nitrogen and oxygen atoms in total. The summed E-state index contributed by atoms with van der Waals surface area (Å²) in [6.45, 7) is 8.17. The van der Waals surface area contributed by atoms with Crippen LogP contribution in [0.5, 0.6) is 0 Å². The Labute approximate surface area is 175 Å². The van der Waals surface area contributed by atoms with E-state index in [0.717, 1.165) is 30.2 Å². The summed E-state index contributed by atoms with van der Waals surface area (Å²) in [5, 5.41) is 2.93. The van der Waals surface area contributed by atoms with Crippen molar-refractivity contribution in [3.8, 4) is 0 Å². The molecule has 0 saturated carbocycles. The first-order valence-electron chi connectivity index (χ1n) is 10.0. The normalized spacial score (nSPS) is 12.4. The predicted molar refractivity (Wildman–Crippen MR) is 120 cm³/mol. The van der Waals surface area contributed by atoms with Crippen molar-refractivity contribution < 1.29 is 13.2 Å². The minimum absolute atomic E-state index is 0.261. The standard InChI is InChI=1S/C23H32N2O3S/c1-6-21(23(26)24-15-7-8-20-13-10-17(2)11-14-20)25(29(5,27)28)22-16-18(3)9-12-19(22)4/h9-14,16,21H,6-8,15H2,1-5H3,(H,24,26). The van der Waals surface area contributed by atoms with Crippen molar-refractivity contribution in [2.45, 2.75) is 53.0 Å². The Bertz CT molecular complexity index is 937. The molecule has 0 aliphatic rings. The Morgan fingerprint density at radius 1 is 1.03 bits per heavy atom. The number of carbonyl (C=O) groups excluding carboxylic acids is 1. The highest BCUT2D eigenvalue weighted by molar-refractivity contribution is 7.92. The number of hydrogen-bond donors (Lipinski definition) is 1. The quantitative estimate of drug-likeness (QED) is 0.631. The zero-order valence-electron chi connectivity index (χ0n) is 18.0. The molecule has 1 unspecified atom stereocenters. The molecule has 29 heavy (non-hydrogen) atoms. The minimum atomic E-state index is -3.62. The second-order valence-corrected chi connectivity index (χ2v) is 9.51. The summed E-state index contributed by atoms with van der Waals surface area (Å²) in [5.41, 5.74) is 4.79. The number of rotatable bonds is 9. The third-order valence-electron chi connectivity index (χ3n) is 4.99. The summed E-state index contributed by atoms with van der Waals surface area (Å²) >= 11 is 0. The van der Waals surface area contributed by atoms with Crippen LogP contribution in [0.25, 0.3) is 0 Å². The van der Waals surface area contributed by atoms with Gasteiger partial charge in [-0.15, -0.1) is 0 Å². The van der Waals surface area contributed by atoms with Crippen molar-refractivity contribution in [3.05, 3.63) is 64.7 Å². The van der Waals surface area contributed by atoms with Crippen LogP contribution >= 0.6 is 0 Å². The minimum Gasteiger partial charge on any atom is -0.354 e. The number of aryl methyl sites for hydroxylation is 4. The molecular weight excluding hydrogens is 384 g/mol. The van der Waals surface area contributed by atoms with Crippen molar-refractivity contribution >= 4 is 21.6 Å². The lowest BCUT2D eigenvalue weighted by atomic mass is 10.1. The van der Waals surface area contributed by atoms with E-state index in [2.05, 4.69) is 36.5 Å². The first-order chi connectivity index (χ1) is 13.6. The van der Waals surface area contributed by atoms with Gasteiger partial charge in [0.25, 0.3) is 0 Å². The highest BCUT2D eigenvalue weighted by Gasteiger charge is 2.32. The average molecular weight is 417 g/mol. The molecule has 1 N–H and O–H groups in total. The van der Waals surface area contributed by atoms with Gasteiger partial charge in [-0.05, 0) is 62.8 Å². The largest absolute Gasteiger partial charge is 0.354 e. The zero-order valence-corrected chi connectivity index (χ0v) is 18.8. The van der Waals surface area contributed by atoms with E-state index in [4.69, 9.17) is 0 Å². The summed E-state index contributed by atoms with van der Waals surface area (Å²) in [6.07, 6.45) is 3.21. The molecule has 0 saturated heterocycles. The second-order valence-electron chi connectivity index (χ2n) is 7.65. The van der Waals surface area contributed by atoms with Gasteiger partial charge in [-0.1, -0.05) is 48.9 Å². The zero-order chi connectivity index (χ0) is 21.6. The molecule has 0 bridgehead atoms. The molecule has 2 rings (SSSR count). The molecule has 0 spiro atoms. The lowest BCUT2D eigenvalue weighted by Gasteiger charge is -2.31. The predicted octanol–water partition coefficient (Wildman–Crippen LogP) is 3.91. The summed E-state index contributed by atoms with van der Waals surface area (Å²) in [4.78, 5) is 12.9. The van der Waals surface area contributed by atoms with E-state index in [-0.39, 0.29) is 5.91 Å². The maximum absolute atomic E-state index is 12.9. The Morgan fingerprint density at radius 2 is 1.66 bits per heavy atom. The smallest absolute Gasteiger partial charge is 0.243 e. The molecule has 0 radical (unpaired) electrons. The maximum atomic E-state index is 12.9. The molecule has 1 atom stereocenters. The van der Waals surface area contributed by atoms with Crippen LogP contribution in [0.4, 0.5) is 5.69 Å². The SMILES string of the molecule is CCC(C(=O)NCCCc1ccc(C)cc1)N(c1cc(C)ccc1C)S(C)(=O)=O. The van der Waals surface area contributed by atoms with E-state index >= 15 is 0 Å². The van der Waals surface area contributed by atoms with Gasteiger partial charge < -0.3 is 5.32 Å². The fraction of sp³-hybridized carbons (Fsp3) is 0.435. The molecule has 0 aliphatic carbocycles. The Kier molecular flexibility index (Phi) is 7.85. The topological polar surface area (TPSA) is 66.5 Å². The molecule has 0 aromatic heterocycles. The van der Waals surface area contributed by atoms with Gasteiger partial charge in [0.1, 0.15) is 6.04 Å². The molecule has 2 aromatic carbocycles. The third-order valence-corrected chi connectivity index (χ3v) is 6.16. The highest BCUT2D eigenvalue weighted by atomic mass is 32.2. The van der Waals surface area contributed by atoms with Crippen LogP contribution in [-0.4, -0.2) is 33.2 Å². The van der Waals surface area contributed by atoms with E-state index in [0.29, 0.717) is 18.7 Å². The van der Waals surface area contributed by atoms with Crippen LogP contribution < -0.4 is 9.62 Å². The van der Waals surface area contributed by atoms with Crippen molar-refractivity contribution in [2.24, 2.45) is 0 Å². The monoisotopic (exact) mass is 416 g/mol. The van der Waals surface area contributed by atoms with Crippen LogP contribution in [0.3, 0.4) is 0 Å². The number of sulfonamides is 1. The summed E-state index contributed by atoms with van der Waals surface area (Å²) in [5.74, 6) is -0.261. The average Bonchev–Trinajstić information content (AvgIpc) is 2.65. The summed E-state index contributed by atoms with van der Waals surface area (Å²) < 4.78 is 26.4. The number of nitrogens with one attached hydrogen (secondary N) is 1.